The number of benzene rings is 2. The maximum Gasteiger partial charge on any atom is 0.226 e. The number of hydrogen-bond acceptors (Lipinski definition) is 4. The number of ether oxygens (including phenoxy) is 2. The summed E-state index contributed by atoms with van der Waals surface area (Å²) in [6.45, 7) is 1.21. The minimum Gasteiger partial charge on any atom is -0.486 e. The largest absolute Gasteiger partial charge is 0.486 e. The highest BCUT2D eigenvalue weighted by Gasteiger charge is 2.13. The van der Waals surface area contributed by atoms with Crippen molar-refractivity contribution in [3.8, 4) is 11.5 Å². The molecule has 2 N–H and O–H groups in total. The van der Waals surface area contributed by atoms with Gasteiger partial charge in [-0.3, -0.25) is 9.59 Å². The van der Waals surface area contributed by atoms with E-state index in [1.807, 2.05) is 0 Å². The molecule has 6 nitrogen and oxygen atoms in total. The normalized spacial score (nSPS) is 12.3. The lowest BCUT2D eigenvalue weighted by atomic mass is 10.1. The number of rotatable bonds is 6. The predicted molar refractivity (Wildman–Crippen MR) is 93.8 cm³/mol. The highest BCUT2D eigenvalue weighted by atomic mass is 19.1. The van der Waals surface area contributed by atoms with Gasteiger partial charge in [-0.25, -0.2) is 4.39 Å². The summed E-state index contributed by atoms with van der Waals surface area (Å²) in [5, 5.41) is 5.43. The zero-order chi connectivity index (χ0) is 18.4. The number of anilines is 1. The molecule has 3 rings (SSSR count). The Labute approximate surface area is 150 Å². The summed E-state index contributed by atoms with van der Waals surface area (Å²) in [6, 6.07) is 10.9. The van der Waals surface area contributed by atoms with Crippen molar-refractivity contribution in [3.63, 3.8) is 0 Å². The molecule has 0 bridgehead atoms. The first-order valence-corrected chi connectivity index (χ1v) is 8.31. The molecule has 26 heavy (non-hydrogen) atoms. The third kappa shape index (κ3) is 4.95. The summed E-state index contributed by atoms with van der Waals surface area (Å²) in [4.78, 5) is 23.8. The summed E-state index contributed by atoms with van der Waals surface area (Å²) in [7, 11) is 0. The fourth-order valence-corrected chi connectivity index (χ4v) is 2.51. The fourth-order valence-electron chi connectivity index (χ4n) is 2.51. The van der Waals surface area contributed by atoms with Crippen molar-refractivity contribution in [1.29, 1.82) is 0 Å². The number of fused-ring (bicyclic) bond motifs is 1. The highest BCUT2D eigenvalue weighted by molar-refractivity contribution is 5.91. The van der Waals surface area contributed by atoms with E-state index in [0.29, 0.717) is 36.0 Å². The van der Waals surface area contributed by atoms with Gasteiger partial charge in [-0.05, 0) is 29.8 Å². The van der Waals surface area contributed by atoms with Crippen LogP contribution in [0, 0.1) is 5.82 Å². The zero-order valence-corrected chi connectivity index (χ0v) is 14.1. The second-order valence-corrected chi connectivity index (χ2v) is 5.81. The maximum absolute atomic E-state index is 12.8. The van der Waals surface area contributed by atoms with Crippen molar-refractivity contribution in [2.24, 2.45) is 0 Å². The molecular formula is C19H19FN2O4. The van der Waals surface area contributed by atoms with Gasteiger partial charge in [-0.15, -0.1) is 0 Å². The Morgan fingerprint density at radius 1 is 0.962 bits per heavy atom. The average Bonchev–Trinajstić information content (AvgIpc) is 2.63. The van der Waals surface area contributed by atoms with Crippen molar-refractivity contribution in [3.05, 3.63) is 53.8 Å². The molecule has 0 spiro atoms. The summed E-state index contributed by atoms with van der Waals surface area (Å²) in [5.74, 6) is 0.474. The van der Waals surface area contributed by atoms with Gasteiger partial charge in [0.1, 0.15) is 19.0 Å². The minimum atomic E-state index is -0.343. The first-order chi connectivity index (χ1) is 12.6. The lowest BCUT2D eigenvalue weighted by molar-refractivity contribution is -0.120. The molecule has 1 aliphatic heterocycles. The third-order valence-corrected chi connectivity index (χ3v) is 3.78. The van der Waals surface area contributed by atoms with E-state index in [4.69, 9.17) is 9.47 Å². The Hall–Kier alpha value is -3.09. The van der Waals surface area contributed by atoms with Crippen LogP contribution in [-0.4, -0.2) is 31.6 Å². The van der Waals surface area contributed by atoms with E-state index in [0.717, 1.165) is 0 Å². The molecule has 2 amide bonds. The molecule has 2 aromatic carbocycles. The van der Waals surface area contributed by atoms with Gasteiger partial charge in [0.2, 0.25) is 11.8 Å². The van der Waals surface area contributed by atoms with Gasteiger partial charge in [0.25, 0.3) is 0 Å². The standard InChI is InChI=1S/C19H19FN2O4/c20-14-3-1-13(2-4-14)11-19(24)21-8-7-18(23)22-15-5-6-16-17(12-15)26-10-9-25-16/h1-6,12H,7-11H2,(H,21,24)(H,22,23). The molecule has 0 fully saturated rings. The smallest absolute Gasteiger partial charge is 0.226 e. The Morgan fingerprint density at radius 3 is 2.46 bits per heavy atom. The topological polar surface area (TPSA) is 76.7 Å². The predicted octanol–water partition coefficient (Wildman–Crippen LogP) is 2.28. The van der Waals surface area contributed by atoms with Gasteiger partial charge in [0.05, 0.1) is 6.42 Å². The molecule has 0 saturated carbocycles. The summed E-state index contributed by atoms with van der Waals surface area (Å²) >= 11 is 0. The lowest BCUT2D eigenvalue weighted by Crippen LogP contribution is -2.28. The molecule has 0 atom stereocenters. The molecule has 0 aromatic heterocycles. The van der Waals surface area contributed by atoms with Crippen molar-refractivity contribution in [2.75, 3.05) is 25.1 Å². The van der Waals surface area contributed by atoms with Crippen LogP contribution in [0.4, 0.5) is 10.1 Å². The van der Waals surface area contributed by atoms with Crippen molar-refractivity contribution < 1.29 is 23.5 Å². The molecule has 7 heteroatoms. The molecular weight excluding hydrogens is 339 g/mol. The fraction of sp³-hybridized carbons (Fsp3) is 0.263. The number of amides is 2. The lowest BCUT2D eigenvalue weighted by Gasteiger charge is -2.19. The molecule has 0 radical (unpaired) electrons. The van der Waals surface area contributed by atoms with E-state index in [2.05, 4.69) is 10.6 Å². The van der Waals surface area contributed by atoms with Crippen LogP contribution in [0.25, 0.3) is 0 Å². The first-order valence-electron chi connectivity index (χ1n) is 8.31. The van der Waals surface area contributed by atoms with Crippen molar-refractivity contribution in [2.45, 2.75) is 12.8 Å². The van der Waals surface area contributed by atoms with Gasteiger partial charge in [-0.2, -0.15) is 0 Å². The van der Waals surface area contributed by atoms with Crippen LogP contribution in [0.3, 0.4) is 0 Å². The van der Waals surface area contributed by atoms with E-state index in [9.17, 15) is 14.0 Å². The van der Waals surface area contributed by atoms with Crippen LogP contribution < -0.4 is 20.1 Å². The second-order valence-electron chi connectivity index (χ2n) is 5.81. The van der Waals surface area contributed by atoms with E-state index >= 15 is 0 Å². The summed E-state index contributed by atoms with van der Waals surface area (Å²) in [6.07, 6.45) is 0.285. The molecule has 1 heterocycles. The summed E-state index contributed by atoms with van der Waals surface area (Å²) < 4.78 is 23.7. The number of nitrogens with one attached hydrogen (secondary N) is 2. The van der Waals surface area contributed by atoms with Gasteiger partial charge in [-0.1, -0.05) is 12.1 Å². The minimum absolute atomic E-state index is 0.142. The number of carbonyl (C=O) groups is 2. The van der Waals surface area contributed by atoms with Gasteiger partial charge < -0.3 is 20.1 Å². The maximum atomic E-state index is 12.8. The van der Waals surface area contributed by atoms with Gasteiger partial charge in [0, 0.05) is 24.7 Å². The second kappa shape index (κ2) is 8.33. The van der Waals surface area contributed by atoms with Crippen LogP contribution >= 0.6 is 0 Å². The SMILES string of the molecule is O=C(Cc1ccc(F)cc1)NCCC(=O)Nc1ccc2c(c1)OCCO2. The van der Waals surface area contributed by atoms with Crippen LogP contribution in [0.2, 0.25) is 0 Å². The molecule has 136 valence electrons. The molecule has 0 unspecified atom stereocenters. The van der Waals surface area contributed by atoms with Crippen LogP contribution in [-0.2, 0) is 16.0 Å². The van der Waals surface area contributed by atoms with E-state index in [-0.39, 0.29) is 37.0 Å². The summed E-state index contributed by atoms with van der Waals surface area (Å²) in [5.41, 5.74) is 1.32. The Kier molecular flexibility index (Phi) is 5.68. The zero-order valence-electron chi connectivity index (χ0n) is 14.1. The highest BCUT2D eigenvalue weighted by Crippen LogP contribution is 2.32. The monoisotopic (exact) mass is 358 g/mol. The Bertz CT molecular complexity index is 793. The van der Waals surface area contributed by atoms with E-state index in [1.165, 1.54) is 12.1 Å². The van der Waals surface area contributed by atoms with Crippen molar-refractivity contribution >= 4 is 17.5 Å². The van der Waals surface area contributed by atoms with Crippen molar-refractivity contribution in [1.82, 2.24) is 5.32 Å². The quantitative estimate of drug-likeness (QED) is 0.831. The third-order valence-electron chi connectivity index (χ3n) is 3.78. The number of halogens is 1. The van der Waals surface area contributed by atoms with Gasteiger partial charge in [0.15, 0.2) is 11.5 Å². The van der Waals surface area contributed by atoms with Crippen LogP contribution in [0.5, 0.6) is 11.5 Å². The van der Waals surface area contributed by atoms with Crippen LogP contribution in [0.15, 0.2) is 42.5 Å². The number of hydrogen-bond donors (Lipinski definition) is 2. The average molecular weight is 358 g/mol. The Morgan fingerprint density at radius 2 is 1.69 bits per heavy atom. The number of carbonyl (C=O) groups excluding carboxylic acids is 2. The molecule has 0 aliphatic carbocycles. The Balaban J connectivity index is 1.41. The van der Waals surface area contributed by atoms with E-state index < -0.39 is 0 Å². The van der Waals surface area contributed by atoms with Gasteiger partial charge >= 0.3 is 0 Å². The first kappa shape index (κ1) is 17.7. The molecule has 1 aliphatic rings. The van der Waals surface area contributed by atoms with E-state index in [1.54, 1.807) is 30.3 Å². The van der Waals surface area contributed by atoms with Crippen LogP contribution in [0.1, 0.15) is 12.0 Å². The molecule has 0 saturated heterocycles. The molecule has 2 aromatic rings.